The van der Waals surface area contributed by atoms with Gasteiger partial charge < -0.3 is 10.6 Å². The normalized spacial score (nSPS) is 16.0. The summed E-state index contributed by atoms with van der Waals surface area (Å²) in [4.78, 5) is 5.02. The molecule has 6 nitrogen and oxygen atoms in total. The van der Waals surface area contributed by atoms with Gasteiger partial charge in [0.05, 0.1) is 11.4 Å². The standard InChI is InChI=1S/C22H30N4O2S.HI/c1-2-23-22(24-17-19-9-5-3-6-10-19)25-18-20-13-15-26(16-14-20)29(27,28)21-11-7-4-8-12-21;/h3-12,20H,2,13-18H2,1H3,(H2,23,24,25);1H. The molecule has 0 spiro atoms. The number of rotatable bonds is 7. The number of nitrogens with zero attached hydrogens (tertiary/aromatic N) is 2. The highest BCUT2D eigenvalue weighted by atomic mass is 127. The number of halogens is 1. The molecule has 2 N–H and O–H groups in total. The van der Waals surface area contributed by atoms with Crippen LogP contribution in [0.15, 0.2) is 70.6 Å². The third-order valence-electron chi connectivity index (χ3n) is 5.12. The van der Waals surface area contributed by atoms with E-state index in [-0.39, 0.29) is 24.0 Å². The first-order valence-electron chi connectivity index (χ1n) is 10.2. The molecule has 164 valence electrons. The van der Waals surface area contributed by atoms with E-state index in [0.717, 1.165) is 31.9 Å². The molecular weight excluding hydrogens is 511 g/mol. The predicted molar refractivity (Wildman–Crippen MR) is 133 cm³/mol. The van der Waals surface area contributed by atoms with E-state index in [9.17, 15) is 8.42 Å². The molecule has 1 saturated heterocycles. The summed E-state index contributed by atoms with van der Waals surface area (Å²) in [7, 11) is -3.39. The van der Waals surface area contributed by atoms with Crippen LogP contribution in [0.3, 0.4) is 0 Å². The van der Waals surface area contributed by atoms with E-state index in [1.54, 1.807) is 28.6 Å². The summed E-state index contributed by atoms with van der Waals surface area (Å²) in [5, 5.41) is 6.70. The van der Waals surface area contributed by atoms with Gasteiger partial charge in [0.15, 0.2) is 5.96 Å². The Hall–Kier alpha value is -1.65. The lowest BCUT2D eigenvalue weighted by Gasteiger charge is -2.31. The van der Waals surface area contributed by atoms with Crippen molar-refractivity contribution in [3.05, 3.63) is 66.2 Å². The summed E-state index contributed by atoms with van der Waals surface area (Å²) in [6.07, 6.45) is 1.69. The van der Waals surface area contributed by atoms with E-state index < -0.39 is 10.0 Å². The van der Waals surface area contributed by atoms with Gasteiger partial charge >= 0.3 is 0 Å². The molecule has 0 atom stereocenters. The second kappa shape index (κ2) is 12.3. The van der Waals surface area contributed by atoms with Crippen molar-refractivity contribution in [3.63, 3.8) is 0 Å². The number of piperidine rings is 1. The zero-order valence-corrected chi connectivity index (χ0v) is 20.5. The van der Waals surface area contributed by atoms with Gasteiger partial charge in [0.2, 0.25) is 10.0 Å². The third-order valence-corrected chi connectivity index (χ3v) is 7.03. The summed E-state index contributed by atoms with van der Waals surface area (Å²) in [6.45, 7) is 5.38. The molecule has 1 heterocycles. The number of hydrogen-bond acceptors (Lipinski definition) is 3. The fraction of sp³-hybridized carbons (Fsp3) is 0.409. The van der Waals surface area contributed by atoms with Crippen LogP contribution in [0.1, 0.15) is 25.3 Å². The Morgan fingerprint density at radius 1 is 1.00 bits per heavy atom. The monoisotopic (exact) mass is 542 g/mol. The Morgan fingerprint density at radius 3 is 2.20 bits per heavy atom. The first-order valence-corrected chi connectivity index (χ1v) is 11.6. The number of hydrogen-bond donors (Lipinski definition) is 2. The molecule has 1 aliphatic heterocycles. The summed E-state index contributed by atoms with van der Waals surface area (Å²) >= 11 is 0. The topological polar surface area (TPSA) is 73.8 Å². The van der Waals surface area contributed by atoms with Crippen molar-refractivity contribution >= 4 is 40.0 Å². The lowest BCUT2D eigenvalue weighted by atomic mass is 9.98. The first kappa shape index (κ1) is 24.6. The van der Waals surface area contributed by atoms with Crippen LogP contribution in [0.5, 0.6) is 0 Å². The number of nitrogens with one attached hydrogen (secondary N) is 2. The van der Waals surface area contributed by atoms with E-state index >= 15 is 0 Å². The van der Waals surface area contributed by atoms with Crippen molar-refractivity contribution in [3.8, 4) is 0 Å². The van der Waals surface area contributed by atoms with E-state index in [2.05, 4.69) is 27.8 Å². The van der Waals surface area contributed by atoms with Crippen LogP contribution in [0.25, 0.3) is 0 Å². The zero-order valence-electron chi connectivity index (χ0n) is 17.3. The van der Waals surface area contributed by atoms with Crippen LogP contribution in [0.4, 0.5) is 0 Å². The quantitative estimate of drug-likeness (QED) is 0.320. The number of aliphatic imine (C=N–C) groups is 1. The third kappa shape index (κ3) is 6.95. The van der Waals surface area contributed by atoms with Crippen molar-refractivity contribution in [2.45, 2.75) is 31.2 Å². The number of benzene rings is 2. The molecule has 30 heavy (non-hydrogen) atoms. The minimum Gasteiger partial charge on any atom is -0.357 e. The van der Waals surface area contributed by atoms with Gasteiger partial charge in [-0.1, -0.05) is 48.5 Å². The van der Waals surface area contributed by atoms with Crippen molar-refractivity contribution in [1.29, 1.82) is 0 Å². The zero-order chi connectivity index (χ0) is 20.5. The average Bonchev–Trinajstić information content (AvgIpc) is 2.77. The highest BCUT2D eigenvalue weighted by Gasteiger charge is 2.29. The van der Waals surface area contributed by atoms with Crippen molar-refractivity contribution < 1.29 is 8.42 Å². The van der Waals surface area contributed by atoms with Gasteiger partial charge in [0.25, 0.3) is 0 Å². The maximum Gasteiger partial charge on any atom is 0.243 e. The number of sulfonamides is 1. The Kier molecular flexibility index (Phi) is 10.1. The van der Waals surface area contributed by atoms with E-state index in [1.807, 2.05) is 31.2 Å². The van der Waals surface area contributed by atoms with Gasteiger partial charge in [-0.15, -0.1) is 24.0 Å². The molecule has 3 rings (SSSR count). The summed E-state index contributed by atoms with van der Waals surface area (Å²) in [6, 6.07) is 18.8. The minimum atomic E-state index is -3.39. The Balaban J connectivity index is 0.00000320. The smallest absolute Gasteiger partial charge is 0.243 e. The Labute approximate surface area is 197 Å². The molecule has 0 radical (unpaired) electrons. The molecular formula is C22H31IN4O2S. The van der Waals surface area contributed by atoms with Crippen molar-refractivity contribution in [1.82, 2.24) is 14.9 Å². The fourth-order valence-corrected chi connectivity index (χ4v) is 4.92. The van der Waals surface area contributed by atoms with Crippen LogP contribution in [-0.4, -0.2) is 44.9 Å². The summed E-state index contributed by atoms with van der Waals surface area (Å²) < 4.78 is 27.1. The molecule has 0 amide bonds. The summed E-state index contributed by atoms with van der Waals surface area (Å²) in [5.41, 5.74) is 1.17. The van der Waals surface area contributed by atoms with Gasteiger partial charge in [-0.25, -0.2) is 13.4 Å². The molecule has 2 aromatic rings. The highest BCUT2D eigenvalue weighted by Crippen LogP contribution is 2.23. The van der Waals surface area contributed by atoms with Crippen LogP contribution in [-0.2, 0) is 16.6 Å². The highest BCUT2D eigenvalue weighted by molar-refractivity contribution is 14.0. The van der Waals surface area contributed by atoms with Gasteiger partial charge in [-0.2, -0.15) is 4.31 Å². The Bertz CT molecular complexity index is 884. The van der Waals surface area contributed by atoms with Gasteiger partial charge in [-0.05, 0) is 43.4 Å². The second-order valence-corrected chi connectivity index (χ2v) is 9.16. The molecule has 0 unspecified atom stereocenters. The largest absolute Gasteiger partial charge is 0.357 e. The molecule has 1 fully saturated rings. The molecule has 2 aromatic carbocycles. The number of guanidine groups is 1. The second-order valence-electron chi connectivity index (χ2n) is 7.22. The first-order chi connectivity index (χ1) is 14.1. The molecule has 1 aliphatic rings. The van der Waals surface area contributed by atoms with Crippen LogP contribution in [0, 0.1) is 5.92 Å². The average molecular weight is 542 g/mol. The minimum absolute atomic E-state index is 0. The maximum atomic E-state index is 12.7. The molecule has 8 heteroatoms. The molecule has 0 bridgehead atoms. The van der Waals surface area contributed by atoms with E-state index in [4.69, 9.17) is 0 Å². The Morgan fingerprint density at radius 2 is 1.60 bits per heavy atom. The maximum absolute atomic E-state index is 12.7. The SMILES string of the molecule is CCNC(=NCc1ccccc1)NCC1CCN(S(=O)(=O)c2ccccc2)CC1.I. The molecule has 0 aliphatic carbocycles. The van der Waals surface area contributed by atoms with E-state index in [0.29, 0.717) is 30.4 Å². The van der Waals surface area contributed by atoms with Crippen LogP contribution < -0.4 is 10.6 Å². The van der Waals surface area contributed by atoms with E-state index in [1.165, 1.54) is 5.56 Å². The lowest BCUT2D eigenvalue weighted by molar-refractivity contribution is 0.273. The predicted octanol–water partition coefficient (Wildman–Crippen LogP) is 3.46. The van der Waals surface area contributed by atoms with Crippen molar-refractivity contribution in [2.24, 2.45) is 10.9 Å². The van der Waals surface area contributed by atoms with Gasteiger partial charge in [0.1, 0.15) is 0 Å². The van der Waals surface area contributed by atoms with Gasteiger partial charge in [-0.3, -0.25) is 0 Å². The van der Waals surface area contributed by atoms with Crippen LogP contribution >= 0.6 is 24.0 Å². The summed E-state index contributed by atoms with van der Waals surface area (Å²) in [5.74, 6) is 1.23. The molecule has 0 saturated carbocycles. The molecule has 0 aromatic heterocycles. The van der Waals surface area contributed by atoms with Crippen molar-refractivity contribution in [2.75, 3.05) is 26.2 Å². The van der Waals surface area contributed by atoms with Crippen LogP contribution in [0.2, 0.25) is 0 Å². The lowest BCUT2D eigenvalue weighted by Crippen LogP contribution is -2.44. The fourth-order valence-electron chi connectivity index (χ4n) is 3.43. The van der Waals surface area contributed by atoms with Gasteiger partial charge in [0, 0.05) is 26.2 Å².